The quantitative estimate of drug-likeness (QED) is 0.0309. The van der Waals surface area contributed by atoms with Crippen LogP contribution < -0.4 is 31.3 Å². The van der Waals surface area contributed by atoms with Crippen molar-refractivity contribution in [1.82, 2.24) is 26.6 Å². The molecular weight excluding hydrogens is 802 g/mol. The van der Waals surface area contributed by atoms with E-state index in [1.165, 1.54) is 24.3 Å². The number of esters is 1. The largest absolute Gasteiger partial charge is 0.484 e. The highest BCUT2D eigenvalue weighted by Gasteiger charge is 2.27. The Morgan fingerprint density at radius 3 is 1.69 bits per heavy atom. The monoisotopic (exact) mass is 849 g/mol. The molecule has 1 unspecified atom stereocenters. The number of aliphatic carboxylic acids is 4. The number of hydrogen-bond donors (Lipinski definition) is 9. The van der Waals surface area contributed by atoms with Crippen molar-refractivity contribution in [3.05, 3.63) is 102 Å². The molecule has 9 N–H and O–H groups in total. The van der Waals surface area contributed by atoms with Gasteiger partial charge in [-0.15, -0.1) is 0 Å². The number of carbonyl (C=O) groups excluding carboxylic acids is 5. The fourth-order valence-corrected chi connectivity index (χ4v) is 5.57. The fraction of sp³-hybridized carbons (Fsp3) is 0.341. The average Bonchev–Trinajstić information content (AvgIpc) is 3.21. The Hall–Kier alpha value is -7.51. The van der Waals surface area contributed by atoms with Crippen molar-refractivity contribution in [3.8, 4) is 5.75 Å². The molecule has 20 heteroatoms. The van der Waals surface area contributed by atoms with Crippen LogP contribution in [0.5, 0.6) is 5.75 Å². The lowest BCUT2D eigenvalue weighted by molar-refractivity contribution is -0.149. The number of hydrogen-bond acceptors (Lipinski definition) is 11. The van der Waals surface area contributed by atoms with E-state index in [0.717, 1.165) is 11.1 Å². The number of carboxylic acid groups (broad SMARTS) is 4. The van der Waals surface area contributed by atoms with Crippen LogP contribution in [-0.4, -0.2) is 111 Å². The molecule has 20 nitrogen and oxygen atoms in total. The third kappa shape index (κ3) is 18.7. The van der Waals surface area contributed by atoms with Gasteiger partial charge in [0, 0.05) is 19.4 Å². The van der Waals surface area contributed by atoms with Gasteiger partial charge in [-0.1, -0.05) is 72.8 Å². The molecule has 3 aromatic rings. The zero-order chi connectivity index (χ0) is 44.7. The molecule has 0 saturated heterocycles. The molecule has 0 radical (unpaired) electrons. The molecule has 3 aromatic carbocycles. The number of amides is 5. The van der Waals surface area contributed by atoms with E-state index < -0.39 is 97.2 Å². The maximum absolute atomic E-state index is 13.2. The van der Waals surface area contributed by atoms with Crippen LogP contribution in [0.3, 0.4) is 0 Å². The smallest absolute Gasteiger partial charge is 0.326 e. The number of nitrogens with one attached hydrogen (secondary N) is 5. The third-order valence-corrected chi connectivity index (χ3v) is 8.65. The first-order valence-electron chi connectivity index (χ1n) is 18.9. The first kappa shape index (κ1) is 47.9. The van der Waals surface area contributed by atoms with Gasteiger partial charge in [0.05, 0.1) is 6.42 Å². The lowest BCUT2D eigenvalue weighted by Gasteiger charge is -2.20. The summed E-state index contributed by atoms with van der Waals surface area (Å²) in [4.78, 5) is 108. The van der Waals surface area contributed by atoms with Crippen LogP contribution in [0.1, 0.15) is 48.8 Å². The third-order valence-electron chi connectivity index (χ3n) is 8.65. The minimum atomic E-state index is -1.78. The van der Waals surface area contributed by atoms with Crippen LogP contribution in [0.15, 0.2) is 84.9 Å². The standard InChI is InChI=1S/C41H47N5O15/c47-33(22-36(51)61-23-27-11-5-2-6-12-27)44-31(39(55)56)20-26-14-16-28(17-15-26)60-24-34(48)43-30(19-25-9-3-1-4-10-25)37(52)42-18-8-7-13-29(38(53)54)45-41(59)46-32(40(57)58)21-35(49)50/h1-6,9-12,14-17,29-32H,7-8,13,18-24H2,(H,42,52)(H,43,48)(H,44,47)(H,49,50)(H,53,54)(H,55,56)(H,57,58)(H2,45,46,59)/t29?,30-,31-,32-/m0/s1. The number of ether oxygens (including phenoxy) is 2. The number of carbonyl (C=O) groups is 9. The number of carboxylic acids is 4. The molecule has 4 atom stereocenters. The molecule has 0 aliphatic rings. The minimum absolute atomic E-state index is 0.0383. The molecule has 0 aliphatic heterocycles. The van der Waals surface area contributed by atoms with E-state index in [0.29, 0.717) is 5.56 Å². The molecule has 0 heterocycles. The summed E-state index contributed by atoms with van der Waals surface area (Å²) >= 11 is 0. The van der Waals surface area contributed by atoms with Crippen LogP contribution in [0.25, 0.3) is 0 Å². The van der Waals surface area contributed by atoms with Gasteiger partial charge in [0.1, 0.15) is 42.9 Å². The van der Waals surface area contributed by atoms with Crippen LogP contribution >= 0.6 is 0 Å². The Morgan fingerprint density at radius 2 is 1.10 bits per heavy atom. The summed E-state index contributed by atoms with van der Waals surface area (Å²) < 4.78 is 10.7. The molecule has 326 valence electrons. The molecule has 0 aromatic heterocycles. The van der Waals surface area contributed by atoms with Gasteiger partial charge in [-0.25, -0.2) is 19.2 Å². The molecule has 0 saturated carbocycles. The lowest BCUT2D eigenvalue weighted by Crippen LogP contribution is -2.51. The molecule has 61 heavy (non-hydrogen) atoms. The molecule has 3 rings (SSSR count). The average molecular weight is 850 g/mol. The summed E-state index contributed by atoms with van der Waals surface area (Å²) in [7, 11) is 0. The highest BCUT2D eigenvalue weighted by atomic mass is 16.5. The first-order valence-corrected chi connectivity index (χ1v) is 18.9. The second kappa shape index (κ2) is 25.1. The Bertz CT molecular complexity index is 1980. The molecular formula is C41H47N5O15. The highest BCUT2D eigenvalue weighted by molar-refractivity contribution is 5.96. The summed E-state index contributed by atoms with van der Waals surface area (Å²) in [5, 5.41) is 48.7. The van der Waals surface area contributed by atoms with Gasteiger partial charge in [-0.3, -0.25) is 24.0 Å². The molecule has 0 fully saturated rings. The normalized spacial score (nSPS) is 12.5. The second-order valence-electron chi connectivity index (χ2n) is 13.5. The lowest BCUT2D eigenvalue weighted by atomic mass is 10.0. The SMILES string of the molecule is O=C(O)C[C@H](NC(=O)NC(CCCCNC(=O)[C@H](Cc1ccccc1)NC(=O)COc1ccc(C[C@H](NC(=O)CC(=O)OCc2ccccc2)C(=O)O)cc1)C(=O)O)C(=O)O. The van der Waals surface area contributed by atoms with Crippen LogP contribution in [-0.2, 0) is 62.5 Å². The van der Waals surface area contributed by atoms with Crippen LogP contribution in [0.4, 0.5) is 4.79 Å². The summed E-state index contributed by atoms with van der Waals surface area (Å²) in [5.41, 5.74) is 1.96. The maximum Gasteiger partial charge on any atom is 0.326 e. The topological polar surface area (TPSA) is 313 Å². The molecule has 0 bridgehead atoms. The minimum Gasteiger partial charge on any atom is -0.484 e. The van der Waals surface area contributed by atoms with E-state index in [9.17, 15) is 53.4 Å². The maximum atomic E-state index is 13.2. The van der Waals surface area contributed by atoms with Crippen LogP contribution in [0.2, 0.25) is 0 Å². The van der Waals surface area contributed by atoms with Crippen molar-refractivity contribution in [3.63, 3.8) is 0 Å². The number of benzene rings is 3. The van der Waals surface area contributed by atoms with Crippen molar-refractivity contribution < 1.29 is 73.1 Å². The predicted molar refractivity (Wildman–Crippen MR) is 212 cm³/mol. The van der Waals surface area contributed by atoms with Gasteiger partial charge < -0.3 is 56.5 Å². The molecule has 0 spiro atoms. The summed E-state index contributed by atoms with van der Waals surface area (Å²) in [6.07, 6.45) is -1.27. The van der Waals surface area contributed by atoms with E-state index in [2.05, 4.69) is 21.3 Å². The van der Waals surface area contributed by atoms with Crippen molar-refractivity contribution in [2.24, 2.45) is 0 Å². The van der Waals surface area contributed by atoms with Gasteiger partial charge >= 0.3 is 35.9 Å². The Balaban J connectivity index is 1.47. The zero-order valence-corrected chi connectivity index (χ0v) is 32.7. The summed E-state index contributed by atoms with van der Waals surface area (Å²) in [6.45, 7) is -0.467. The van der Waals surface area contributed by atoms with Gasteiger partial charge in [0.25, 0.3) is 5.91 Å². The fourth-order valence-electron chi connectivity index (χ4n) is 5.57. The molecule has 0 aliphatic carbocycles. The summed E-state index contributed by atoms with van der Waals surface area (Å²) in [6, 6.07) is 16.9. The van der Waals surface area contributed by atoms with E-state index in [-0.39, 0.29) is 51.0 Å². The number of rotatable bonds is 26. The Kier molecular flexibility index (Phi) is 19.7. The summed E-state index contributed by atoms with van der Waals surface area (Å²) in [5.74, 6) is -8.43. The van der Waals surface area contributed by atoms with Gasteiger partial charge in [-0.05, 0) is 48.1 Å². The van der Waals surface area contributed by atoms with Gasteiger partial charge in [0.15, 0.2) is 6.61 Å². The van der Waals surface area contributed by atoms with E-state index in [4.69, 9.17) is 19.7 Å². The van der Waals surface area contributed by atoms with Crippen molar-refractivity contribution in [2.45, 2.75) is 75.7 Å². The van der Waals surface area contributed by atoms with Crippen LogP contribution in [0, 0.1) is 0 Å². The second-order valence-corrected chi connectivity index (χ2v) is 13.5. The van der Waals surface area contributed by atoms with E-state index in [1.807, 2.05) is 5.32 Å². The van der Waals surface area contributed by atoms with E-state index >= 15 is 0 Å². The highest BCUT2D eigenvalue weighted by Crippen LogP contribution is 2.14. The molecule has 5 amide bonds. The van der Waals surface area contributed by atoms with Crippen molar-refractivity contribution in [2.75, 3.05) is 13.2 Å². The van der Waals surface area contributed by atoms with E-state index in [1.54, 1.807) is 60.7 Å². The Labute approximate surface area is 349 Å². The van der Waals surface area contributed by atoms with Crippen molar-refractivity contribution in [1.29, 1.82) is 0 Å². The first-order chi connectivity index (χ1) is 29.1. The van der Waals surface area contributed by atoms with Gasteiger partial charge in [-0.2, -0.15) is 0 Å². The Morgan fingerprint density at radius 1 is 0.557 bits per heavy atom. The zero-order valence-electron chi connectivity index (χ0n) is 32.7. The predicted octanol–water partition coefficient (Wildman–Crippen LogP) is 1.01. The van der Waals surface area contributed by atoms with Gasteiger partial charge in [0.2, 0.25) is 11.8 Å². The number of unbranched alkanes of at least 4 members (excludes halogenated alkanes) is 1. The number of urea groups is 1. The van der Waals surface area contributed by atoms with Crippen molar-refractivity contribution >= 4 is 53.6 Å².